The van der Waals surface area contributed by atoms with Crippen LogP contribution in [-0.2, 0) is 38.4 Å². The van der Waals surface area contributed by atoms with Crippen LogP contribution in [0.1, 0.15) is 6.23 Å². The molecule has 22 heteroatoms. The first-order valence-corrected chi connectivity index (χ1v) is 14.4. The highest BCUT2D eigenvalue weighted by Gasteiger charge is 2.57. The molecule has 248 valence electrons. The number of aliphatic hydroxyl groups is 4. The molecule has 21 nitrogen and oxygen atoms in total. The van der Waals surface area contributed by atoms with Crippen LogP contribution in [0.4, 0.5) is 0 Å². The third kappa shape index (κ3) is 6.56. The van der Waals surface area contributed by atoms with Crippen LogP contribution >= 0.6 is 0 Å². The largest absolute Gasteiger partial charge is 0.480 e. The van der Waals surface area contributed by atoms with E-state index in [0.717, 1.165) is 28.8 Å². The lowest BCUT2D eigenvalue weighted by Crippen LogP contribution is -2.60. The molecule has 4 rings (SSSR count). The van der Waals surface area contributed by atoms with E-state index in [1.165, 1.54) is 7.05 Å². The van der Waals surface area contributed by atoms with Crippen molar-refractivity contribution in [2.24, 2.45) is 5.73 Å². The van der Waals surface area contributed by atoms with Gasteiger partial charge in [-0.25, -0.2) is 13.8 Å². The Balaban J connectivity index is 1.80. The Morgan fingerprint density at radius 3 is 2.36 bits per heavy atom. The second-order valence-electron chi connectivity index (χ2n) is 10.5. The van der Waals surface area contributed by atoms with Crippen molar-refractivity contribution in [2.45, 2.75) is 73.4 Å². The first kappa shape index (κ1) is 34.0. The molecular formula is C22H33N5O16S. The maximum absolute atomic E-state index is 13.8. The van der Waals surface area contributed by atoms with Crippen LogP contribution in [0.3, 0.4) is 0 Å². The molecule has 9 N–H and O–H groups in total. The lowest BCUT2D eigenvalue weighted by molar-refractivity contribution is -0.230. The van der Waals surface area contributed by atoms with Gasteiger partial charge < -0.3 is 50.4 Å². The van der Waals surface area contributed by atoms with E-state index in [1.54, 1.807) is 0 Å². The molecule has 1 amide bonds. The van der Waals surface area contributed by atoms with E-state index < -0.39 is 120 Å². The zero-order valence-electron chi connectivity index (χ0n) is 23.1. The highest BCUT2D eigenvalue weighted by Crippen LogP contribution is 2.37. The predicted octanol–water partition coefficient (Wildman–Crippen LogP) is -6.64. The highest BCUT2D eigenvalue weighted by atomic mass is 32.3. The fourth-order valence-electron chi connectivity index (χ4n) is 5.57. The number of nitrogens with two attached hydrogens (primary N) is 1. The number of hydrogen-bond donors (Lipinski definition) is 8. The van der Waals surface area contributed by atoms with Crippen LogP contribution in [0.25, 0.3) is 0 Å². The topological polar surface area (TPSA) is 314 Å². The van der Waals surface area contributed by atoms with Gasteiger partial charge in [0.05, 0.1) is 6.10 Å². The Morgan fingerprint density at radius 2 is 1.80 bits per heavy atom. The van der Waals surface area contributed by atoms with Gasteiger partial charge in [-0.15, -0.1) is 0 Å². The SMILES string of the molecule is CN1CC(O)C(C(=O)O)N(C)C(=O)C1C(OC1OC(CN)C(O)C1OS(=O)(=O)O)C1OC(n2ccc(=O)[nH]c2=O)C(O)C1O. The number of hydrogen-bond acceptors (Lipinski definition) is 16. The zero-order valence-corrected chi connectivity index (χ0v) is 23.9. The number of aromatic nitrogens is 2. The number of carbonyl (C=O) groups is 2. The van der Waals surface area contributed by atoms with Crippen LogP contribution in [0.2, 0.25) is 0 Å². The maximum atomic E-state index is 13.8. The van der Waals surface area contributed by atoms with Crippen molar-refractivity contribution in [3.05, 3.63) is 33.1 Å². The van der Waals surface area contributed by atoms with Crippen molar-refractivity contribution in [3.8, 4) is 0 Å². The number of amides is 1. The van der Waals surface area contributed by atoms with Gasteiger partial charge in [-0.3, -0.25) is 28.6 Å². The summed E-state index contributed by atoms with van der Waals surface area (Å²) in [5, 5.41) is 52.8. The molecule has 0 spiro atoms. The van der Waals surface area contributed by atoms with Gasteiger partial charge in [-0.1, -0.05) is 0 Å². The van der Waals surface area contributed by atoms with Gasteiger partial charge in [0.15, 0.2) is 24.7 Å². The number of likely N-dealkylation sites (N-methyl/N-ethyl adjacent to an activating group) is 2. The summed E-state index contributed by atoms with van der Waals surface area (Å²) in [7, 11) is -2.90. The van der Waals surface area contributed by atoms with Gasteiger partial charge in [0, 0.05) is 32.4 Å². The van der Waals surface area contributed by atoms with Gasteiger partial charge in [0.2, 0.25) is 5.91 Å². The van der Waals surface area contributed by atoms with Gasteiger partial charge in [0.25, 0.3) is 5.56 Å². The minimum atomic E-state index is -5.25. The third-order valence-corrected chi connectivity index (χ3v) is 8.14. The van der Waals surface area contributed by atoms with E-state index in [-0.39, 0.29) is 0 Å². The average molecular weight is 656 g/mol. The lowest BCUT2D eigenvalue weighted by atomic mass is 9.97. The molecule has 12 unspecified atom stereocenters. The molecule has 0 radical (unpaired) electrons. The molecule has 0 bridgehead atoms. The Bertz CT molecular complexity index is 1450. The van der Waals surface area contributed by atoms with Gasteiger partial charge in [-0.2, -0.15) is 8.42 Å². The molecule has 3 aliphatic rings. The normalized spacial score (nSPS) is 37.7. The Kier molecular flexibility index (Phi) is 9.94. The van der Waals surface area contributed by atoms with E-state index in [4.69, 9.17) is 19.9 Å². The fourth-order valence-corrected chi connectivity index (χ4v) is 6.06. The molecule has 0 aliphatic carbocycles. The molecule has 3 aliphatic heterocycles. The van der Waals surface area contributed by atoms with Crippen LogP contribution in [0.5, 0.6) is 0 Å². The van der Waals surface area contributed by atoms with E-state index in [2.05, 4.69) is 4.18 Å². The second-order valence-corrected chi connectivity index (χ2v) is 11.6. The molecule has 3 fully saturated rings. The van der Waals surface area contributed by atoms with Gasteiger partial charge in [0.1, 0.15) is 42.7 Å². The summed E-state index contributed by atoms with van der Waals surface area (Å²) in [6.07, 6.45) is -17.0. The minimum Gasteiger partial charge on any atom is -0.480 e. The van der Waals surface area contributed by atoms with Crippen molar-refractivity contribution in [1.29, 1.82) is 0 Å². The Morgan fingerprint density at radius 1 is 1.14 bits per heavy atom. The molecular weight excluding hydrogens is 622 g/mol. The number of aliphatic carboxylic acids is 1. The molecule has 1 aromatic heterocycles. The molecule has 44 heavy (non-hydrogen) atoms. The standard InChI is InChI=1S/C22H33N5O16S/c1-25-6-7(28)10(20(34)35)26(2)18(33)11(25)15(42-21-17(43-44(37,38)39)12(30)8(5-23)40-21)16-13(31)14(32)19(41-16)27-4-3-9(29)24-22(27)36/h3-4,7-8,10-17,19,21,28,30-32H,5-6,23H2,1-2H3,(H,34,35)(H,24,29,36)(H,37,38,39). The lowest BCUT2D eigenvalue weighted by Gasteiger charge is -2.38. The summed E-state index contributed by atoms with van der Waals surface area (Å²) in [4.78, 5) is 53.5. The smallest absolute Gasteiger partial charge is 0.397 e. The second kappa shape index (κ2) is 12.9. The van der Waals surface area contributed by atoms with Crippen LogP contribution in [-0.4, -0.2) is 164 Å². The van der Waals surface area contributed by atoms with Gasteiger partial charge >= 0.3 is 22.1 Å². The number of H-pyrrole nitrogens is 1. The predicted molar refractivity (Wildman–Crippen MR) is 139 cm³/mol. The number of aromatic amines is 1. The Labute approximate surface area is 247 Å². The number of carboxylic acids is 1. The van der Waals surface area contributed by atoms with Crippen molar-refractivity contribution < 1.29 is 66.5 Å². The number of rotatable bonds is 9. The number of β-amino-alcohol motifs (C(OH)–C–C–N with tert-alkyl or cyclic N) is 1. The summed E-state index contributed by atoms with van der Waals surface area (Å²) < 4.78 is 54.9. The number of nitrogens with one attached hydrogen (secondary N) is 1. The number of carboxylic acid groups (broad SMARTS) is 1. The van der Waals surface area contributed by atoms with Crippen LogP contribution in [0, 0.1) is 0 Å². The number of ether oxygens (including phenoxy) is 3. The quantitative estimate of drug-likeness (QED) is 0.115. The average Bonchev–Trinajstić information content (AvgIpc) is 3.34. The number of nitrogens with zero attached hydrogens (tertiary/aromatic N) is 3. The van der Waals surface area contributed by atoms with Crippen molar-refractivity contribution in [1.82, 2.24) is 19.4 Å². The molecule has 0 saturated carbocycles. The van der Waals surface area contributed by atoms with Gasteiger partial charge in [-0.05, 0) is 7.05 Å². The third-order valence-electron chi connectivity index (χ3n) is 7.67. The van der Waals surface area contributed by atoms with Crippen LogP contribution < -0.4 is 17.0 Å². The van der Waals surface area contributed by atoms with E-state index >= 15 is 0 Å². The van der Waals surface area contributed by atoms with E-state index in [9.17, 15) is 57.7 Å². The monoisotopic (exact) mass is 655 g/mol. The zero-order chi connectivity index (χ0) is 32.8. The first-order valence-electron chi connectivity index (χ1n) is 13.0. The highest BCUT2D eigenvalue weighted by molar-refractivity contribution is 7.80. The van der Waals surface area contributed by atoms with Crippen molar-refractivity contribution in [3.63, 3.8) is 0 Å². The molecule has 12 atom stereocenters. The summed E-state index contributed by atoms with van der Waals surface area (Å²) in [6, 6.07) is -2.50. The molecule has 1 aromatic rings. The molecule has 4 heterocycles. The van der Waals surface area contributed by atoms with Crippen molar-refractivity contribution >= 4 is 22.3 Å². The van der Waals surface area contributed by atoms with E-state index in [0.29, 0.717) is 4.90 Å². The summed E-state index contributed by atoms with van der Waals surface area (Å²) in [6.45, 7) is -0.886. The van der Waals surface area contributed by atoms with E-state index in [1.807, 2.05) is 4.98 Å². The fraction of sp³-hybridized carbons (Fsp3) is 0.727. The molecule has 3 saturated heterocycles. The summed E-state index contributed by atoms with van der Waals surface area (Å²) in [5.74, 6) is -2.57. The maximum Gasteiger partial charge on any atom is 0.397 e. The minimum absolute atomic E-state index is 0.410. The summed E-state index contributed by atoms with van der Waals surface area (Å²) >= 11 is 0. The van der Waals surface area contributed by atoms with Crippen LogP contribution in [0.15, 0.2) is 21.9 Å². The number of aliphatic hydroxyl groups excluding tert-OH is 4. The Hall–Kier alpha value is -2.87. The molecule has 0 aromatic carbocycles. The first-order chi connectivity index (χ1) is 20.5. The number of carbonyl (C=O) groups excluding carboxylic acids is 1. The van der Waals surface area contributed by atoms with Crippen molar-refractivity contribution in [2.75, 3.05) is 27.2 Å². The summed E-state index contributed by atoms with van der Waals surface area (Å²) in [5.41, 5.74) is 3.75.